The van der Waals surface area contributed by atoms with Crippen molar-refractivity contribution >= 4 is 15.9 Å². The van der Waals surface area contributed by atoms with E-state index in [9.17, 15) is 13.2 Å². The summed E-state index contributed by atoms with van der Waals surface area (Å²) >= 11 is 0. The van der Waals surface area contributed by atoms with Gasteiger partial charge in [-0.05, 0) is 26.8 Å². The molecule has 140 valence electrons. The molecule has 8 nitrogen and oxygen atoms in total. The Kier molecular flexibility index (Phi) is 4.93. The van der Waals surface area contributed by atoms with Crippen molar-refractivity contribution < 1.29 is 22.7 Å². The standard InChI is InChI=1S/C16H25N3O5S/c1-12-10-18(11-16(2,3)24-12)15(20)14-8-13(9-17-14)25(21,22)19-4-6-23-7-5-19/h8-9,12,17H,4-7,10-11H2,1-3H3. The lowest BCUT2D eigenvalue weighted by molar-refractivity contribution is -0.118. The van der Waals surface area contributed by atoms with Gasteiger partial charge in [-0.2, -0.15) is 4.31 Å². The van der Waals surface area contributed by atoms with Crippen LogP contribution in [0.5, 0.6) is 0 Å². The summed E-state index contributed by atoms with van der Waals surface area (Å²) in [5.41, 5.74) is -0.153. The van der Waals surface area contributed by atoms with Crippen molar-refractivity contribution in [3.63, 3.8) is 0 Å². The Morgan fingerprint density at radius 1 is 1.32 bits per heavy atom. The first-order valence-electron chi connectivity index (χ1n) is 8.42. The third kappa shape index (κ3) is 3.89. The lowest BCUT2D eigenvalue weighted by atomic mass is 10.1. The van der Waals surface area contributed by atoms with Gasteiger partial charge < -0.3 is 19.4 Å². The molecule has 3 rings (SSSR count). The fourth-order valence-electron chi connectivity index (χ4n) is 3.36. The number of carbonyl (C=O) groups excluding carboxylic acids is 1. The van der Waals surface area contributed by atoms with Crippen LogP contribution in [0.1, 0.15) is 31.3 Å². The second-order valence-electron chi connectivity index (χ2n) is 7.14. The highest BCUT2D eigenvalue weighted by molar-refractivity contribution is 7.89. The minimum atomic E-state index is -3.61. The Morgan fingerprint density at radius 2 is 2.00 bits per heavy atom. The van der Waals surface area contributed by atoms with Crippen molar-refractivity contribution in [2.75, 3.05) is 39.4 Å². The van der Waals surface area contributed by atoms with Crippen molar-refractivity contribution in [1.29, 1.82) is 0 Å². The summed E-state index contributed by atoms with van der Waals surface area (Å²) in [5, 5.41) is 0. The molecule has 2 aliphatic rings. The van der Waals surface area contributed by atoms with E-state index in [-0.39, 0.29) is 22.6 Å². The van der Waals surface area contributed by atoms with Gasteiger partial charge in [-0.3, -0.25) is 4.79 Å². The van der Waals surface area contributed by atoms with Crippen LogP contribution in [0.25, 0.3) is 0 Å². The van der Waals surface area contributed by atoms with Gasteiger partial charge in [0, 0.05) is 32.4 Å². The first-order valence-corrected chi connectivity index (χ1v) is 9.86. The summed E-state index contributed by atoms with van der Waals surface area (Å²) in [6.45, 7) is 8.15. The highest BCUT2D eigenvalue weighted by Crippen LogP contribution is 2.23. The molecule has 0 radical (unpaired) electrons. The smallest absolute Gasteiger partial charge is 0.270 e. The first-order chi connectivity index (χ1) is 11.7. The van der Waals surface area contributed by atoms with Crippen LogP contribution in [0.3, 0.4) is 0 Å². The molecule has 2 aliphatic heterocycles. The van der Waals surface area contributed by atoms with Crippen LogP contribution in [0.15, 0.2) is 17.2 Å². The Balaban J connectivity index is 1.77. The molecule has 2 saturated heterocycles. The Bertz CT molecular complexity index is 737. The second-order valence-corrected chi connectivity index (χ2v) is 9.08. The van der Waals surface area contributed by atoms with Crippen LogP contribution in [0.4, 0.5) is 0 Å². The van der Waals surface area contributed by atoms with Crippen LogP contribution >= 0.6 is 0 Å². The zero-order valence-electron chi connectivity index (χ0n) is 14.8. The maximum Gasteiger partial charge on any atom is 0.270 e. The molecule has 1 atom stereocenters. The van der Waals surface area contributed by atoms with E-state index in [0.29, 0.717) is 39.4 Å². The molecule has 0 saturated carbocycles. The van der Waals surface area contributed by atoms with Crippen LogP contribution in [-0.4, -0.2) is 79.6 Å². The number of aromatic amines is 1. The Labute approximate surface area is 148 Å². The van der Waals surface area contributed by atoms with Crippen molar-refractivity contribution in [2.45, 2.75) is 37.4 Å². The molecular formula is C16H25N3O5S. The summed E-state index contributed by atoms with van der Waals surface area (Å²) in [5.74, 6) is -0.216. The van der Waals surface area contributed by atoms with Gasteiger partial charge in [-0.1, -0.05) is 0 Å². The van der Waals surface area contributed by atoms with Gasteiger partial charge in [0.15, 0.2) is 0 Å². The number of hydrogen-bond donors (Lipinski definition) is 1. The zero-order chi connectivity index (χ0) is 18.2. The van der Waals surface area contributed by atoms with Crippen molar-refractivity contribution in [3.8, 4) is 0 Å². The molecule has 25 heavy (non-hydrogen) atoms. The molecular weight excluding hydrogens is 346 g/mol. The molecule has 1 aromatic rings. The van der Waals surface area contributed by atoms with Gasteiger partial charge in [-0.15, -0.1) is 0 Å². The van der Waals surface area contributed by atoms with E-state index in [4.69, 9.17) is 9.47 Å². The molecule has 2 fully saturated rings. The van der Waals surface area contributed by atoms with Gasteiger partial charge in [0.1, 0.15) is 10.6 Å². The topological polar surface area (TPSA) is 91.9 Å². The molecule has 1 N–H and O–H groups in total. The number of aromatic nitrogens is 1. The largest absolute Gasteiger partial charge is 0.379 e. The number of hydrogen-bond acceptors (Lipinski definition) is 5. The van der Waals surface area contributed by atoms with Gasteiger partial charge >= 0.3 is 0 Å². The molecule has 0 spiro atoms. The van der Waals surface area contributed by atoms with E-state index in [0.717, 1.165) is 0 Å². The number of carbonyl (C=O) groups is 1. The third-order valence-corrected chi connectivity index (χ3v) is 6.23. The number of amides is 1. The minimum Gasteiger partial charge on any atom is -0.379 e. The van der Waals surface area contributed by atoms with Crippen molar-refractivity contribution in [2.24, 2.45) is 0 Å². The quantitative estimate of drug-likeness (QED) is 0.843. The molecule has 1 aromatic heterocycles. The van der Waals surface area contributed by atoms with Crippen molar-refractivity contribution in [1.82, 2.24) is 14.2 Å². The third-order valence-electron chi connectivity index (χ3n) is 4.35. The second kappa shape index (κ2) is 6.71. The van der Waals surface area contributed by atoms with E-state index < -0.39 is 15.6 Å². The van der Waals surface area contributed by atoms with E-state index in [2.05, 4.69) is 4.98 Å². The number of rotatable bonds is 3. The fraction of sp³-hybridized carbons (Fsp3) is 0.688. The summed E-state index contributed by atoms with van der Waals surface area (Å²) < 4.78 is 37.7. The number of morpholine rings is 2. The monoisotopic (exact) mass is 371 g/mol. The number of H-pyrrole nitrogens is 1. The molecule has 0 aliphatic carbocycles. The summed E-state index contributed by atoms with van der Waals surface area (Å²) in [6.07, 6.45) is 1.31. The van der Waals surface area contributed by atoms with Crippen LogP contribution in [-0.2, 0) is 19.5 Å². The fourth-order valence-corrected chi connectivity index (χ4v) is 4.76. The van der Waals surface area contributed by atoms with Gasteiger partial charge in [0.05, 0.1) is 24.9 Å². The average Bonchev–Trinajstić information content (AvgIpc) is 3.04. The number of sulfonamides is 1. The minimum absolute atomic E-state index is 0.0702. The normalized spacial score (nSPS) is 25.1. The van der Waals surface area contributed by atoms with Crippen LogP contribution in [0.2, 0.25) is 0 Å². The highest BCUT2D eigenvalue weighted by atomic mass is 32.2. The maximum atomic E-state index is 12.8. The van der Waals surface area contributed by atoms with Gasteiger partial charge in [0.25, 0.3) is 5.91 Å². The van der Waals surface area contributed by atoms with E-state index in [1.54, 1.807) is 4.90 Å². The molecule has 1 unspecified atom stereocenters. The molecule has 0 bridgehead atoms. The zero-order valence-corrected chi connectivity index (χ0v) is 15.6. The van der Waals surface area contributed by atoms with Crippen LogP contribution < -0.4 is 0 Å². The summed E-state index contributed by atoms with van der Waals surface area (Å²) in [4.78, 5) is 17.4. The number of ether oxygens (including phenoxy) is 2. The lowest BCUT2D eigenvalue weighted by Crippen LogP contribution is -2.53. The SMILES string of the molecule is CC1CN(C(=O)c2cc(S(=O)(=O)N3CCOCC3)c[nH]2)CC(C)(C)O1. The van der Waals surface area contributed by atoms with Gasteiger partial charge in [-0.25, -0.2) is 8.42 Å². The number of nitrogens with zero attached hydrogens (tertiary/aromatic N) is 2. The Morgan fingerprint density at radius 3 is 2.64 bits per heavy atom. The molecule has 3 heterocycles. The predicted molar refractivity (Wildman–Crippen MR) is 90.9 cm³/mol. The van der Waals surface area contributed by atoms with E-state index in [1.807, 2.05) is 20.8 Å². The molecule has 9 heteroatoms. The maximum absolute atomic E-state index is 12.8. The number of nitrogens with one attached hydrogen (secondary N) is 1. The Hall–Kier alpha value is -1.42. The summed E-state index contributed by atoms with van der Waals surface area (Å²) in [7, 11) is -3.61. The first kappa shape index (κ1) is 18.4. The van der Waals surface area contributed by atoms with Gasteiger partial charge in [0.2, 0.25) is 10.0 Å². The van der Waals surface area contributed by atoms with Crippen LogP contribution in [0, 0.1) is 0 Å². The van der Waals surface area contributed by atoms with E-state index in [1.165, 1.54) is 16.6 Å². The lowest BCUT2D eigenvalue weighted by Gasteiger charge is -2.41. The average molecular weight is 371 g/mol. The molecule has 1 amide bonds. The molecule has 0 aromatic carbocycles. The highest BCUT2D eigenvalue weighted by Gasteiger charge is 2.35. The predicted octanol–water partition coefficient (Wildman–Crippen LogP) is 0.675. The van der Waals surface area contributed by atoms with Crippen molar-refractivity contribution in [3.05, 3.63) is 18.0 Å². The summed E-state index contributed by atoms with van der Waals surface area (Å²) in [6, 6.07) is 1.42. The van der Waals surface area contributed by atoms with E-state index >= 15 is 0 Å².